The van der Waals surface area contributed by atoms with Crippen molar-refractivity contribution in [2.75, 3.05) is 6.61 Å². The van der Waals surface area contributed by atoms with Crippen LogP contribution in [0.15, 0.2) is 0 Å². The highest BCUT2D eigenvalue weighted by atomic mass is 28.4. The summed E-state index contributed by atoms with van der Waals surface area (Å²) in [6.07, 6.45) is 1.21. The third-order valence-corrected chi connectivity index (χ3v) is 13.9. The van der Waals surface area contributed by atoms with E-state index < -0.39 is 16.6 Å². The lowest BCUT2D eigenvalue weighted by Gasteiger charge is -2.36. The Balaban J connectivity index is 4.19. The van der Waals surface area contributed by atoms with Crippen molar-refractivity contribution in [2.45, 2.75) is 90.6 Å². The smallest absolute Gasteiger partial charge is 0.292 e. The fourth-order valence-electron chi connectivity index (χ4n) is 1.25. The summed E-state index contributed by atoms with van der Waals surface area (Å²) in [6, 6.07) is 0. The molecule has 0 spiro atoms. The first-order valence-electron chi connectivity index (χ1n) is 7.96. The molecule has 126 valence electrons. The van der Waals surface area contributed by atoms with E-state index in [1.165, 1.54) is 0 Å². The van der Waals surface area contributed by atoms with Crippen molar-refractivity contribution in [3.63, 3.8) is 0 Å². The molecule has 0 heterocycles. The summed E-state index contributed by atoms with van der Waals surface area (Å²) in [4.78, 5) is 12.0. The van der Waals surface area contributed by atoms with E-state index in [4.69, 9.17) is 8.85 Å². The quantitative estimate of drug-likeness (QED) is 0.486. The lowest BCUT2D eigenvalue weighted by atomic mass is 10.2. The van der Waals surface area contributed by atoms with Gasteiger partial charge in [0.05, 0.1) is 0 Å². The van der Waals surface area contributed by atoms with Crippen LogP contribution in [0.3, 0.4) is 0 Å². The first-order valence-corrected chi connectivity index (χ1v) is 13.8. The minimum absolute atomic E-state index is 0.0691. The first-order chi connectivity index (χ1) is 9.10. The van der Waals surface area contributed by atoms with Crippen LogP contribution in [0.4, 0.5) is 0 Å². The summed E-state index contributed by atoms with van der Waals surface area (Å²) in [6.45, 7) is 22.5. The molecule has 0 fully saturated rings. The van der Waals surface area contributed by atoms with Gasteiger partial charge in [0.2, 0.25) is 0 Å². The highest BCUT2D eigenvalue weighted by molar-refractivity contribution is 6.75. The monoisotopic (exact) mass is 332 g/mol. The van der Waals surface area contributed by atoms with E-state index in [0.717, 1.165) is 6.42 Å². The topological polar surface area (TPSA) is 35.5 Å². The van der Waals surface area contributed by atoms with Gasteiger partial charge in [-0.3, -0.25) is 4.79 Å². The van der Waals surface area contributed by atoms with Crippen LogP contribution in [0.1, 0.15) is 54.4 Å². The van der Waals surface area contributed by atoms with Crippen molar-refractivity contribution in [1.82, 2.24) is 0 Å². The SMILES string of the molecule is CC(C)(C)[Si](C)(C)OCCCC(=O)O[Si](C)(C)C(C)(C)C. The zero-order chi connectivity index (χ0) is 17.1. The van der Waals surface area contributed by atoms with Crippen molar-refractivity contribution in [1.29, 1.82) is 0 Å². The van der Waals surface area contributed by atoms with Gasteiger partial charge < -0.3 is 8.85 Å². The molecule has 0 aromatic carbocycles. The van der Waals surface area contributed by atoms with Crippen molar-refractivity contribution < 1.29 is 13.6 Å². The fraction of sp³-hybridized carbons (Fsp3) is 0.938. The van der Waals surface area contributed by atoms with E-state index in [-0.39, 0.29) is 16.0 Å². The van der Waals surface area contributed by atoms with E-state index >= 15 is 0 Å². The molecule has 3 nitrogen and oxygen atoms in total. The van der Waals surface area contributed by atoms with Gasteiger partial charge in [-0.15, -0.1) is 0 Å². The molecule has 0 atom stereocenters. The van der Waals surface area contributed by atoms with E-state index in [1.807, 2.05) is 0 Å². The predicted molar refractivity (Wildman–Crippen MR) is 95.7 cm³/mol. The molecule has 0 radical (unpaired) electrons. The molecule has 21 heavy (non-hydrogen) atoms. The molecular weight excluding hydrogens is 296 g/mol. The van der Waals surface area contributed by atoms with E-state index in [1.54, 1.807) is 0 Å². The van der Waals surface area contributed by atoms with Gasteiger partial charge in [-0.25, -0.2) is 0 Å². The van der Waals surface area contributed by atoms with Crippen LogP contribution in [0.25, 0.3) is 0 Å². The Bertz CT molecular complexity index is 350. The van der Waals surface area contributed by atoms with E-state index in [2.05, 4.69) is 67.7 Å². The van der Waals surface area contributed by atoms with E-state index in [0.29, 0.717) is 13.0 Å². The predicted octanol–water partition coefficient (Wildman–Crippen LogP) is 5.34. The summed E-state index contributed by atoms with van der Waals surface area (Å²) in [7, 11) is -3.67. The van der Waals surface area contributed by atoms with Gasteiger partial charge in [-0.1, -0.05) is 41.5 Å². The first kappa shape index (κ1) is 20.9. The van der Waals surface area contributed by atoms with Crippen molar-refractivity contribution in [3.8, 4) is 0 Å². The van der Waals surface area contributed by atoms with Gasteiger partial charge in [0, 0.05) is 13.0 Å². The molecule has 0 N–H and O–H groups in total. The average Bonchev–Trinajstić information content (AvgIpc) is 2.20. The van der Waals surface area contributed by atoms with Crippen LogP contribution in [-0.2, 0) is 13.6 Å². The molecule has 0 saturated carbocycles. The summed E-state index contributed by atoms with van der Waals surface area (Å²) in [5.74, 6) is -0.0691. The fourth-order valence-corrected chi connectivity index (χ4v) is 3.31. The molecule has 0 aliphatic rings. The molecule has 0 aromatic heterocycles. The lowest BCUT2D eigenvalue weighted by molar-refractivity contribution is -0.135. The Kier molecular flexibility index (Phi) is 6.92. The minimum Gasteiger partial charge on any atom is -0.519 e. The molecule has 0 unspecified atom stereocenters. The van der Waals surface area contributed by atoms with Crippen LogP contribution in [0.2, 0.25) is 36.3 Å². The highest BCUT2D eigenvalue weighted by Gasteiger charge is 2.40. The lowest BCUT2D eigenvalue weighted by Crippen LogP contribution is -2.43. The summed E-state index contributed by atoms with van der Waals surface area (Å²) in [5.41, 5.74) is 0. The number of hydrogen-bond donors (Lipinski definition) is 0. The number of carbonyl (C=O) groups excluding carboxylic acids is 1. The largest absolute Gasteiger partial charge is 0.519 e. The molecule has 0 saturated heterocycles. The summed E-state index contributed by atoms with van der Waals surface area (Å²) < 4.78 is 11.8. The van der Waals surface area contributed by atoms with Crippen LogP contribution < -0.4 is 0 Å². The standard InChI is InChI=1S/C16H36O3Si2/c1-15(2,3)20(7,8)18-13-11-12-14(17)19-21(9,10)16(4,5)6/h11-13H2,1-10H3. The maximum Gasteiger partial charge on any atom is 0.292 e. The summed E-state index contributed by atoms with van der Waals surface area (Å²) >= 11 is 0. The van der Waals surface area contributed by atoms with Crippen molar-refractivity contribution in [3.05, 3.63) is 0 Å². The molecule has 5 heteroatoms. The third-order valence-electron chi connectivity index (χ3n) is 4.97. The molecule has 0 aliphatic carbocycles. The number of carbonyl (C=O) groups is 1. The van der Waals surface area contributed by atoms with Gasteiger partial charge >= 0.3 is 0 Å². The molecule has 0 bridgehead atoms. The Morgan fingerprint density at radius 2 is 1.29 bits per heavy atom. The van der Waals surface area contributed by atoms with Crippen LogP contribution in [0, 0.1) is 0 Å². The Labute approximate surface area is 134 Å². The average molecular weight is 333 g/mol. The van der Waals surface area contributed by atoms with Crippen molar-refractivity contribution >= 4 is 22.6 Å². The van der Waals surface area contributed by atoms with Crippen molar-refractivity contribution in [2.24, 2.45) is 0 Å². The Hall–Kier alpha value is -0.136. The molecule has 0 aromatic rings. The highest BCUT2D eigenvalue weighted by Crippen LogP contribution is 2.37. The maximum absolute atomic E-state index is 12.0. The third kappa shape index (κ3) is 6.65. The van der Waals surface area contributed by atoms with Crippen LogP contribution in [-0.4, -0.2) is 29.2 Å². The number of rotatable bonds is 6. The van der Waals surface area contributed by atoms with Gasteiger partial charge in [-0.2, -0.15) is 0 Å². The van der Waals surface area contributed by atoms with Gasteiger partial charge in [-0.05, 0) is 42.7 Å². The molecule has 0 aliphatic heterocycles. The second kappa shape index (κ2) is 6.96. The molecule has 0 amide bonds. The second-order valence-electron chi connectivity index (χ2n) is 8.95. The maximum atomic E-state index is 12.0. The van der Waals surface area contributed by atoms with Crippen LogP contribution in [0.5, 0.6) is 0 Å². The summed E-state index contributed by atoms with van der Waals surface area (Å²) in [5, 5.41) is 0.287. The normalized spacial score (nSPS) is 14.2. The molecule has 0 rings (SSSR count). The zero-order valence-electron chi connectivity index (χ0n) is 15.8. The van der Waals surface area contributed by atoms with Crippen LogP contribution >= 0.6 is 0 Å². The van der Waals surface area contributed by atoms with Gasteiger partial charge in [0.15, 0.2) is 8.32 Å². The Morgan fingerprint density at radius 3 is 1.67 bits per heavy atom. The molecular formula is C16H36O3Si2. The second-order valence-corrected chi connectivity index (χ2v) is 18.5. The van der Waals surface area contributed by atoms with E-state index in [9.17, 15) is 4.79 Å². The minimum atomic E-state index is -1.98. The Morgan fingerprint density at radius 1 is 0.857 bits per heavy atom. The van der Waals surface area contributed by atoms with Gasteiger partial charge in [0.25, 0.3) is 14.3 Å². The zero-order valence-corrected chi connectivity index (χ0v) is 17.8. The van der Waals surface area contributed by atoms with Gasteiger partial charge in [0.1, 0.15) is 0 Å². The number of hydrogen-bond acceptors (Lipinski definition) is 3.